The zero-order valence-electron chi connectivity index (χ0n) is 14.0. The lowest BCUT2D eigenvalue weighted by Crippen LogP contribution is -2.07. The van der Waals surface area contributed by atoms with E-state index in [2.05, 4.69) is 10.3 Å². The van der Waals surface area contributed by atoms with Crippen LogP contribution in [0.25, 0.3) is 6.08 Å². The highest BCUT2D eigenvalue weighted by Gasteiger charge is 2.08. The lowest BCUT2D eigenvalue weighted by atomic mass is 10.1. The SMILES string of the molecule is Cc1cccc(/C=C\C(=O)Nc2ncc(Cc3cc(Cl)ccc3Cl)s2)c1. The Bertz CT molecular complexity index is 966. The van der Waals surface area contributed by atoms with Crippen molar-refractivity contribution in [1.82, 2.24) is 4.98 Å². The average molecular weight is 403 g/mol. The van der Waals surface area contributed by atoms with Gasteiger partial charge in [0.25, 0.3) is 0 Å². The van der Waals surface area contributed by atoms with Crippen molar-refractivity contribution in [2.24, 2.45) is 0 Å². The molecule has 0 spiro atoms. The summed E-state index contributed by atoms with van der Waals surface area (Å²) in [6.07, 6.45) is 5.64. The first-order valence-electron chi connectivity index (χ1n) is 7.94. The molecule has 0 atom stereocenters. The summed E-state index contributed by atoms with van der Waals surface area (Å²) in [5.74, 6) is -0.215. The minimum absolute atomic E-state index is 0.215. The monoisotopic (exact) mass is 402 g/mol. The van der Waals surface area contributed by atoms with Crippen molar-refractivity contribution in [2.45, 2.75) is 13.3 Å². The fourth-order valence-corrected chi connectivity index (χ4v) is 3.62. The number of nitrogens with zero attached hydrogens (tertiary/aromatic N) is 1. The van der Waals surface area contributed by atoms with E-state index in [-0.39, 0.29) is 5.91 Å². The second kappa shape index (κ2) is 8.49. The molecule has 0 bridgehead atoms. The lowest BCUT2D eigenvalue weighted by molar-refractivity contribution is -0.111. The summed E-state index contributed by atoms with van der Waals surface area (Å²) in [7, 11) is 0. The Morgan fingerprint density at radius 2 is 2.08 bits per heavy atom. The van der Waals surface area contributed by atoms with Crippen molar-refractivity contribution in [3.8, 4) is 0 Å². The maximum absolute atomic E-state index is 12.1. The topological polar surface area (TPSA) is 42.0 Å². The van der Waals surface area contributed by atoms with E-state index in [1.54, 1.807) is 24.4 Å². The van der Waals surface area contributed by atoms with Gasteiger partial charge in [-0.25, -0.2) is 4.98 Å². The van der Waals surface area contributed by atoms with E-state index in [4.69, 9.17) is 23.2 Å². The summed E-state index contributed by atoms with van der Waals surface area (Å²) in [4.78, 5) is 17.3. The van der Waals surface area contributed by atoms with Crippen LogP contribution in [0.2, 0.25) is 10.0 Å². The van der Waals surface area contributed by atoms with Crippen molar-refractivity contribution < 1.29 is 4.79 Å². The number of nitrogens with one attached hydrogen (secondary N) is 1. The second-order valence-electron chi connectivity index (χ2n) is 5.78. The maximum atomic E-state index is 12.1. The number of anilines is 1. The summed E-state index contributed by atoms with van der Waals surface area (Å²) in [6.45, 7) is 2.01. The Balaban J connectivity index is 1.63. The number of hydrogen-bond donors (Lipinski definition) is 1. The van der Waals surface area contributed by atoms with E-state index in [0.29, 0.717) is 21.6 Å². The van der Waals surface area contributed by atoms with E-state index >= 15 is 0 Å². The number of amides is 1. The quantitative estimate of drug-likeness (QED) is 0.531. The zero-order chi connectivity index (χ0) is 18.5. The van der Waals surface area contributed by atoms with Gasteiger partial charge in [0.1, 0.15) is 0 Å². The number of halogens is 2. The summed E-state index contributed by atoms with van der Waals surface area (Å²) in [5, 5.41) is 4.64. The molecule has 3 nitrogen and oxygen atoms in total. The highest BCUT2D eigenvalue weighted by molar-refractivity contribution is 7.15. The molecule has 0 fully saturated rings. The fourth-order valence-electron chi connectivity index (χ4n) is 2.41. The molecule has 26 heavy (non-hydrogen) atoms. The van der Waals surface area contributed by atoms with Gasteiger partial charge in [0, 0.05) is 33.6 Å². The third kappa shape index (κ3) is 5.18. The molecule has 2 aromatic carbocycles. The molecule has 6 heteroatoms. The van der Waals surface area contributed by atoms with E-state index in [1.807, 2.05) is 37.3 Å². The minimum Gasteiger partial charge on any atom is -0.298 e. The molecular formula is C20H16Cl2N2OS. The highest BCUT2D eigenvalue weighted by Crippen LogP contribution is 2.27. The highest BCUT2D eigenvalue weighted by atomic mass is 35.5. The summed E-state index contributed by atoms with van der Waals surface area (Å²) in [5.41, 5.74) is 3.06. The van der Waals surface area contributed by atoms with Gasteiger partial charge in [-0.05, 0) is 42.3 Å². The van der Waals surface area contributed by atoms with E-state index in [1.165, 1.54) is 17.4 Å². The Labute approximate surface area is 166 Å². The van der Waals surface area contributed by atoms with Gasteiger partial charge in [0.15, 0.2) is 5.13 Å². The first-order chi connectivity index (χ1) is 12.5. The van der Waals surface area contributed by atoms with Crippen molar-refractivity contribution in [1.29, 1.82) is 0 Å². The van der Waals surface area contributed by atoms with Gasteiger partial charge in [-0.3, -0.25) is 10.1 Å². The molecule has 0 radical (unpaired) electrons. The van der Waals surface area contributed by atoms with Crippen LogP contribution in [-0.2, 0) is 11.2 Å². The number of aryl methyl sites for hydroxylation is 1. The molecule has 1 aromatic heterocycles. The van der Waals surface area contributed by atoms with Crippen LogP contribution in [0.3, 0.4) is 0 Å². The molecule has 0 saturated heterocycles. The van der Waals surface area contributed by atoms with Crippen molar-refractivity contribution in [2.75, 3.05) is 5.32 Å². The molecule has 132 valence electrons. The van der Waals surface area contributed by atoms with Crippen LogP contribution in [0.5, 0.6) is 0 Å². The number of rotatable bonds is 5. The minimum atomic E-state index is -0.215. The van der Waals surface area contributed by atoms with Crippen LogP contribution in [0, 0.1) is 6.92 Å². The smallest absolute Gasteiger partial charge is 0.250 e. The van der Waals surface area contributed by atoms with Gasteiger partial charge in [0.05, 0.1) is 0 Å². The first-order valence-corrected chi connectivity index (χ1v) is 9.51. The van der Waals surface area contributed by atoms with Gasteiger partial charge in [-0.15, -0.1) is 11.3 Å². The third-order valence-electron chi connectivity index (χ3n) is 3.63. The summed E-state index contributed by atoms with van der Waals surface area (Å²) >= 11 is 13.6. The predicted molar refractivity (Wildman–Crippen MR) is 110 cm³/mol. The lowest BCUT2D eigenvalue weighted by Gasteiger charge is -2.02. The van der Waals surface area contributed by atoms with Crippen LogP contribution >= 0.6 is 34.5 Å². The van der Waals surface area contributed by atoms with Gasteiger partial charge < -0.3 is 0 Å². The van der Waals surface area contributed by atoms with Crippen molar-refractivity contribution in [3.05, 3.63) is 86.4 Å². The summed E-state index contributed by atoms with van der Waals surface area (Å²) < 4.78 is 0. The fraction of sp³-hybridized carbons (Fsp3) is 0.100. The van der Waals surface area contributed by atoms with Crippen molar-refractivity contribution >= 4 is 51.7 Å². The third-order valence-corrected chi connectivity index (χ3v) is 5.14. The van der Waals surface area contributed by atoms with E-state index in [0.717, 1.165) is 21.6 Å². The standard InChI is InChI=1S/C20H16Cl2N2OS/c1-13-3-2-4-14(9-13)5-8-19(25)24-20-23-12-17(26-20)11-15-10-16(21)6-7-18(15)22/h2-10,12H,11H2,1H3,(H,23,24,25)/b8-5-. The van der Waals surface area contributed by atoms with E-state index in [9.17, 15) is 4.79 Å². The molecule has 0 saturated carbocycles. The summed E-state index contributed by atoms with van der Waals surface area (Å²) in [6, 6.07) is 13.3. The van der Waals surface area contributed by atoms with Crippen LogP contribution in [0.15, 0.2) is 54.7 Å². The van der Waals surface area contributed by atoms with Crippen LogP contribution < -0.4 is 5.32 Å². The zero-order valence-corrected chi connectivity index (χ0v) is 16.3. The second-order valence-corrected chi connectivity index (χ2v) is 7.74. The molecule has 1 amide bonds. The normalized spacial score (nSPS) is 11.0. The molecule has 1 N–H and O–H groups in total. The van der Waals surface area contributed by atoms with Gasteiger partial charge in [-0.2, -0.15) is 0 Å². The van der Waals surface area contributed by atoms with Gasteiger partial charge >= 0.3 is 0 Å². The largest absolute Gasteiger partial charge is 0.298 e. The Morgan fingerprint density at radius 3 is 2.88 bits per heavy atom. The number of thiazole rings is 1. The average Bonchev–Trinajstić information content (AvgIpc) is 3.03. The Hall–Kier alpha value is -2.14. The molecule has 3 rings (SSSR count). The molecule has 0 aliphatic heterocycles. The van der Waals surface area contributed by atoms with Crippen LogP contribution in [0.1, 0.15) is 21.6 Å². The molecule has 3 aromatic rings. The number of carbonyl (C=O) groups is 1. The van der Waals surface area contributed by atoms with Crippen LogP contribution in [-0.4, -0.2) is 10.9 Å². The maximum Gasteiger partial charge on any atom is 0.250 e. The molecule has 0 aliphatic rings. The molecule has 1 heterocycles. The predicted octanol–water partition coefficient (Wildman–Crippen LogP) is 6.00. The van der Waals surface area contributed by atoms with E-state index < -0.39 is 0 Å². The Morgan fingerprint density at radius 1 is 1.23 bits per heavy atom. The number of hydrogen-bond acceptors (Lipinski definition) is 3. The Kier molecular flexibility index (Phi) is 6.09. The van der Waals surface area contributed by atoms with Crippen LogP contribution in [0.4, 0.5) is 5.13 Å². The molecule has 0 aliphatic carbocycles. The number of benzene rings is 2. The number of aromatic nitrogens is 1. The van der Waals surface area contributed by atoms with Gasteiger partial charge in [0.2, 0.25) is 5.91 Å². The first kappa shape index (κ1) is 18.6. The molecular weight excluding hydrogens is 387 g/mol. The van der Waals surface area contributed by atoms with Gasteiger partial charge in [-0.1, -0.05) is 53.0 Å². The van der Waals surface area contributed by atoms with Crippen molar-refractivity contribution in [3.63, 3.8) is 0 Å². The number of carbonyl (C=O) groups excluding carboxylic acids is 1. The molecule has 0 unspecified atom stereocenters.